The van der Waals surface area contributed by atoms with E-state index in [4.69, 9.17) is 0 Å². The minimum atomic E-state index is -0.906. The topological polar surface area (TPSA) is 33.1 Å². The van der Waals surface area contributed by atoms with Crippen molar-refractivity contribution in [2.45, 2.75) is 6.10 Å². The highest BCUT2D eigenvalue weighted by Crippen LogP contribution is 2.29. The number of aromatic nitrogens is 1. The molecule has 0 radical (unpaired) electrons. The van der Waals surface area contributed by atoms with Crippen LogP contribution in [0, 0.1) is 5.82 Å². The smallest absolute Gasteiger partial charge is 0.137 e. The van der Waals surface area contributed by atoms with E-state index in [9.17, 15) is 9.50 Å². The monoisotopic (exact) mass is 331 g/mol. The molecule has 0 aliphatic carbocycles. The Labute approximate surface area is 124 Å². The molecule has 0 aliphatic rings. The van der Waals surface area contributed by atoms with Crippen LogP contribution >= 0.6 is 15.9 Å². The summed E-state index contributed by atoms with van der Waals surface area (Å²) in [6.07, 6.45) is 2.46. The van der Waals surface area contributed by atoms with Crippen molar-refractivity contribution in [3.05, 3.63) is 76.3 Å². The summed E-state index contributed by atoms with van der Waals surface area (Å²) in [4.78, 5) is 4.14. The summed E-state index contributed by atoms with van der Waals surface area (Å²) in [5, 5.41) is 12.3. The molecular formula is C16H11BrFNO. The van der Waals surface area contributed by atoms with E-state index in [1.807, 2.05) is 24.3 Å². The Morgan fingerprint density at radius 1 is 1.10 bits per heavy atom. The van der Waals surface area contributed by atoms with E-state index < -0.39 is 11.9 Å². The summed E-state index contributed by atoms with van der Waals surface area (Å²) in [5.74, 6) is -0.394. The molecule has 20 heavy (non-hydrogen) atoms. The number of hydrogen-bond donors (Lipinski definition) is 1. The predicted octanol–water partition coefficient (Wildman–Crippen LogP) is 4.22. The molecule has 1 aromatic heterocycles. The van der Waals surface area contributed by atoms with E-state index in [1.54, 1.807) is 24.5 Å². The van der Waals surface area contributed by atoms with Crippen LogP contribution in [0.5, 0.6) is 0 Å². The van der Waals surface area contributed by atoms with Crippen LogP contribution in [0.1, 0.15) is 17.2 Å². The van der Waals surface area contributed by atoms with Gasteiger partial charge >= 0.3 is 0 Å². The predicted molar refractivity (Wildman–Crippen MR) is 79.9 cm³/mol. The first-order valence-corrected chi connectivity index (χ1v) is 6.92. The highest BCUT2D eigenvalue weighted by atomic mass is 79.9. The van der Waals surface area contributed by atoms with E-state index in [-0.39, 0.29) is 0 Å². The van der Waals surface area contributed by atoms with Gasteiger partial charge in [-0.1, -0.05) is 30.3 Å². The number of aliphatic hydroxyl groups excluding tert-OH is 1. The van der Waals surface area contributed by atoms with E-state index in [0.717, 1.165) is 10.8 Å². The zero-order valence-corrected chi connectivity index (χ0v) is 12.0. The Hall–Kier alpha value is -1.78. The van der Waals surface area contributed by atoms with Gasteiger partial charge in [-0.05, 0) is 39.0 Å². The van der Waals surface area contributed by atoms with E-state index in [0.29, 0.717) is 15.6 Å². The Balaban J connectivity index is 2.12. The molecular weight excluding hydrogens is 321 g/mol. The molecule has 0 aliphatic heterocycles. The second-order valence-electron chi connectivity index (χ2n) is 4.53. The van der Waals surface area contributed by atoms with Crippen molar-refractivity contribution >= 4 is 26.7 Å². The third kappa shape index (κ3) is 2.32. The quantitative estimate of drug-likeness (QED) is 0.762. The lowest BCUT2D eigenvalue weighted by atomic mass is 9.98. The first-order chi connectivity index (χ1) is 9.66. The average molecular weight is 332 g/mol. The van der Waals surface area contributed by atoms with Gasteiger partial charge < -0.3 is 5.11 Å². The largest absolute Gasteiger partial charge is 0.384 e. The van der Waals surface area contributed by atoms with Crippen LogP contribution < -0.4 is 0 Å². The molecule has 0 saturated heterocycles. The second kappa shape index (κ2) is 5.31. The van der Waals surface area contributed by atoms with Gasteiger partial charge in [0.25, 0.3) is 0 Å². The van der Waals surface area contributed by atoms with Gasteiger partial charge in [0.1, 0.15) is 11.9 Å². The van der Waals surface area contributed by atoms with Gasteiger partial charge in [0.2, 0.25) is 0 Å². The Bertz CT molecular complexity index is 770. The summed E-state index contributed by atoms with van der Waals surface area (Å²) in [6, 6.07) is 12.3. The number of benzene rings is 2. The van der Waals surface area contributed by atoms with Crippen LogP contribution in [-0.4, -0.2) is 10.1 Å². The number of rotatable bonds is 2. The lowest BCUT2D eigenvalue weighted by Crippen LogP contribution is -2.02. The number of hydrogen-bond acceptors (Lipinski definition) is 2. The zero-order chi connectivity index (χ0) is 14.1. The Morgan fingerprint density at radius 3 is 2.70 bits per heavy atom. The van der Waals surface area contributed by atoms with Crippen molar-refractivity contribution in [3.63, 3.8) is 0 Å². The molecule has 0 saturated carbocycles. The van der Waals surface area contributed by atoms with Crippen molar-refractivity contribution in [1.29, 1.82) is 0 Å². The molecule has 0 spiro atoms. The van der Waals surface area contributed by atoms with E-state index in [2.05, 4.69) is 20.9 Å². The van der Waals surface area contributed by atoms with Gasteiger partial charge in [0.05, 0.1) is 4.47 Å². The lowest BCUT2D eigenvalue weighted by molar-refractivity contribution is 0.221. The van der Waals surface area contributed by atoms with Gasteiger partial charge in [-0.3, -0.25) is 4.98 Å². The molecule has 1 heterocycles. The molecule has 0 fully saturated rings. The summed E-state index contributed by atoms with van der Waals surface area (Å²) >= 11 is 3.11. The first kappa shape index (κ1) is 13.2. The van der Waals surface area contributed by atoms with Gasteiger partial charge in [0, 0.05) is 23.3 Å². The molecule has 2 nitrogen and oxygen atoms in total. The third-order valence-corrected chi connectivity index (χ3v) is 3.90. The first-order valence-electron chi connectivity index (χ1n) is 6.12. The maximum atomic E-state index is 13.6. The van der Waals surface area contributed by atoms with Gasteiger partial charge in [-0.2, -0.15) is 0 Å². The summed E-state index contributed by atoms with van der Waals surface area (Å²) in [5.41, 5.74) is 1.17. The van der Waals surface area contributed by atoms with Crippen LogP contribution in [0.4, 0.5) is 4.39 Å². The minimum Gasteiger partial charge on any atom is -0.384 e. The fourth-order valence-electron chi connectivity index (χ4n) is 2.22. The lowest BCUT2D eigenvalue weighted by Gasteiger charge is -2.14. The minimum absolute atomic E-state index is 0.379. The SMILES string of the molecule is OC(c1ccc(Br)c(F)c1)c1cncc2ccccc12. The zero-order valence-electron chi connectivity index (χ0n) is 10.4. The molecule has 3 rings (SSSR count). The number of pyridine rings is 1. The van der Waals surface area contributed by atoms with Gasteiger partial charge in [0.15, 0.2) is 0 Å². The number of halogens is 2. The second-order valence-corrected chi connectivity index (χ2v) is 5.38. The van der Waals surface area contributed by atoms with Crippen LogP contribution in [-0.2, 0) is 0 Å². The number of nitrogens with zero attached hydrogens (tertiary/aromatic N) is 1. The molecule has 1 N–H and O–H groups in total. The summed E-state index contributed by atoms with van der Waals surface area (Å²) < 4.78 is 14.0. The maximum absolute atomic E-state index is 13.6. The van der Waals surface area contributed by atoms with Gasteiger partial charge in [-0.15, -0.1) is 0 Å². The highest BCUT2D eigenvalue weighted by Gasteiger charge is 2.15. The normalized spacial score (nSPS) is 12.6. The standard InChI is InChI=1S/C16H11BrFNO/c17-14-6-5-10(7-15(14)18)16(20)13-9-19-8-11-3-1-2-4-12(11)13/h1-9,16,20H. The maximum Gasteiger partial charge on any atom is 0.137 e. The fraction of sp³-hybridized carbons (Fsp3) is 0.0625. The van der Waals surface area contributed by atoms with Crippen molar-refractivity contribution in [1.82, 2.24) is 4.98 Å². The highest BCUT2D eigenvalue weighted by molar-refractivity contribution is 9.10. The molecule has 0 amide bonds. The van der Waals surface area contributed by atoms with Crippen LogP contribution in [0.2, 0.25) is 0 Å². The van der Waals surface area contributed by atoms with Crippen molar-refractivity contribution in [2.24, 2.45) is 0 Å². The third-order valence-electron chi connectivity index (χ3n) is 3.25. The molecule has 1 atom stereocenters. The Kier molecular flexibility index (Phi) is 3.51. The number of fused-ring (bicyclic) bond motifs is 1. The molecule has 0 bridgehead atoms. The molecule has 1 unspecified atom stereocenters. The van der Waals surface area contributed by atoms with Crippen molar-refractivity contribution < 1.29 is 9.50 Å². The van der Waals surface area contributed by atoms with Crippen molar-refractivity contribution in [2.75, 3.05) is 0 Å². The van der Waals surface area contributed by atoms with Crippen LogP contribution in [0.15, 0.2) is 59.3 Å². The van der Waals surface area contributed by atoms with Crippen LogP contribution in [0.3, 0.4) is 0 Å². The number of aliphatic hydroxyl groups is 1. The average Bonchev–Trinajstić information content (AvgIpc) is 2.49. The van der Waals surface area contributed by atoms with E-state index in [1.165, 1.54) is 6.07 Å². The molecule has 100 valence electrons. The fourth-order valence-corrected chi connectivity index (χ4v) is 2.47. The summed E-state index contributed by atoms with van der Waals surface area (Å²) in [7, 11) is 0. The van der Waals surface area contributed by atoms with Crippen molar-refractivity contribution in [3.8, 4) is 0 Å². The molecule has 2 aromatic carbocycles. The van der Waals surface area contributed by atoms with E-state index >= 15 is 0 Å². The molecule has 3 aromatic rings. The van der Waals surface area contributed by atoms with Crippen LogP contribution in [0.25, 0.3) is 10.8 Å². The summed E-state index contributed by atoms with van der Waals surface area (Å²) in [6.45, 7) is 0. The molecule has 4 heteroatoms. The van der Waals surface area contributed by atoms with Gasteiger partial charge in [-0.25, -0.2) is 4.39 Å². The Morgan fingerprint density at radius 2 is 1.90 bits per heavy atom.